The predicted octanol–water partition coefficient (Wildman–Crippen LogP) is 1.54. The van der Waals surface area contributed by atoms with Gasteiger partial charge >= 0.3 is 0 Å². The number of nitrogens with one attached hydrogen (secondary N) is 1. The van der Waals surface area contributed by atoms with E-state index in [0.717, 1.165) is 0 Å². The van der Waals surface area contributed by atoms with Crippen molar-refractivity contribution >= 4 is 27.3 Å². The lowest BCUT2D eigenvalue weighted by molar-refractivity contribution is -0.120. The van der Waals surface area contributed by atoms with E-state index in [2.05, 4.69) is 22.1 Å². The summed E-state index contributed by atoms with van der Waals surface area (Å²) in [5.74, 6) is 5.00. The van der Waals surface area contributed by atoms with Crippen LogP contribution in [0.5, 0.6) is 17.2 Å². The monoisotopic (exact) mass is 533 g/mol. The van der Waals surface area contributed by atoms with Crippen LogP contribution in [0.15, 0.2) is 66.9 Å². The molecule has 2 amide bonds. The zero-order chi connectivity index (χ0) is 26.9. The van der Waals surface area contributed by atoms with Crippen LogP contribution in [0.1, 0.15) is 16.1 Å². The van der Waals surface area contributed by atoms with Crippen LogP contribution in [-0.4, -0.2) is 67.1 Å². The number of anilines is 1. The van der Waals surface area contributed by atoms with Crippen LogP contribution in [0.2, 0.25) is 0 Å². The number of amides is 2. The number of sulfone groups is 1. The molecule has 2 aliphatic rings. The molecule has 1 aromatic heterocycles. The number of likely N-dealkylation sites (N-methyl/N-ethyl adjacent to an activating group) is 1. The van der Waals surface area contributed by atoms with Gasteiger partial charge in [0.25, 0.3) is 11.8 Å². The first-order valence-corrected chi connectivity index (χ1v) is 13.4. The van der Waals surface area contributed by atoms with Gasteiger partial charge in [-0.05, 0) is 36.4 Å². The van der Waals surface area contributed by atoms with E-state index in [4.69, 9.17) is 9.47 Å². The van der Waals surface area contributed by atoms with Crippen molar-refractivity contribution in [3.8, 4) is 29.1 Å². The lowest BCUT2D eigenvalue weighted by Crippen LogP contribution is -2.53. The highest BCUT2D eigenvalue weighted by atomic mass is 32.2. The van der Waals surface area contributed by atoms with Gasteiger partial charge in [-0.15, -0.1) is 0 Å². The minimum atomic E-state index is -3.25. The van der Waals surface area contributed by atoms with Crippen molar-refractivity contribution in [1.29, 1.82) is 0 Å². The maximum Gasteiger partial charge on any atom is 0.270 e. The van der Waals surface area contributed by atoms with Gasteiger partial charge in [-0.2, -0.15) is 0 Å². The minimum Gasteiger partial charge on any atom is -0.489 e. The number of pyridine rings is 1. The number of fused-ring (bicyclic) bond motifs is 1. The number of ether oxygens (including phenoxy) is 2. The van der Waals surface area contributed by atoms with Crippen LogP contribution in [0.25, 0.3) is 0 Å². The molecule has 1 atom stereocenters. The van der Waals surface area contributed by atoms with Crippen LogP contribution in [0.4, 0.5) is 5.69 Å². The van der Waals surface area contributed by atoms with Crippen LogP contribution in [-0.2, 0) is 14.6 Å². The van der Waals surface area contributed by atoms with Gasteiger partial charge in [0.15, 0.2) is 15.4 Å². The van der Waals surface area contributed by atoms with Gasteiger partial charge in [0, 0.05) is 24.9 Å². The Morgan fingerprint density at radius 1 is 1.16 bits per heavy atom. The summed E-state index contributed by atoms with van der Waals surface area (Å²) in [5, 5.41) is 12.9. The molecular formula is C27H23N3O7S. The molecule has 11 heteroatoms. The van der Waals surface area contributed by atoms with Crippen molar-refractivity contribution in [2.45, 2.75) is 11.6 Å². The topological polar surface area (TPSA) is 135 Å². The fourth-order valence-electron chi connectivity index (χ4n) is 4.08. The van der Waals surface area contributed by atoms with Crippen LogP contribution in [0, 0.1) is 11.8 Å². The molecule has 5 rings (SSSR count). The Morgan fingerprint density at radius 2 is 1.92 bits per heavy atom. The molecule has 0 radical (unpaired) electrons. The number of benzene rings is 2. The number of para-hydroxylation sites is 1. The quantitative estimate of drug-likeness (QED) is 0.483. The van der Waals surface area contributed by atoms with E-state index in [-0.39, 0.29) is 12.3 Å². The molecule has 3 aromatic rings. The van der Waals surface area contributed by atoms with E-state index in [1.165, 1.54) is 17.2 Å². The summed E-state index contributed by atoms with van der Waals surface area (Å²) in [4.78, 5) is 31.6. The highest BCUT2D eigenvalue weighted by molar-refractivity contribution is 7.93. The fraction of sp³-hybridized carbons (Fsp3) is 0.222. The largest absolute Gasteiger partial charge is 0.489 e. The van der Waals surface area contributed by atoms with E-state index in [0.29, 0.717) is 28.5 Å². The van der Waals surface area contributed by atoms with Crippen molar-refractivity contribution in [3.05, 3.63) is 78.1 Å². The molecule has 0 bridgehead atoms. The number of carbonyl (C=O) groups is 2. The summed E-state index contributed by atoms with van der Waals surface area (Å²) in [5.41, 5.74) is -0.615. The molecule has 194 valence electrons. The molecule has 0 saturated carbocycles. The van der Waals surface area contributed by atoms with E-state index in [9.17, 15) is 23.1 Å². The summed E-state index contributed by atoms with van der Waals surface area (Å²) < 4.78 is 34.3. The molecule has 2 aliphatic heterocycles. The van der Waals surface area contributed by atoms with Gasteiger partial charge in [0.05, 0.1) is 17.2 Å². The second-order valence-electron chi connectivity index (χ2n) is 9.02. The standard InChI is InChI=1S/C27H23N3O7S/c1-30-23-13-18(9-11-27(33)16-38(34,35)17-27)7-8-24(23)36-15-22(26(30)32)29-25(31)21-14-20(10-12-28-21)37-19-5-3-2-4-6-19/h2-8,10,12-14,22,33H,15-17H2,1H3,(H,29,31)/t22-/m0/s1. The fourth-order valence-corrected chi connectivity index (χ4v) is 5.60. The highest BCUT2D eigenvalue weighted by Crippen LogP contribution is 2.32. The third-order valence-electron chi connectivity index (χ3n) is 5.96. The lowest BCUT2D eigenvalue weighted by atomic mass is 10.1. The molecule has 2 aromatic carbocycles. The summed E-state index contributed by atoms with van der Waals surface area (Å²) in [6.45, 7) is -0.106. The number of aliphatic hydroxyl groups is 1. The molecular weight excluding hydrogens is 510 g/mol. The molecule has 1 saturated heterocycles. The van der Waals surface area contributed by atoms with Crippen molar-refractivity contribution in [2.75, 3.05) is 30.1 Å². The Morgan fingerprint density at radius 3 is 2.66 bits per heavy atom. The van der Waals surface area contributed by atoms with E-state index in [1.54, 1.807) is 43.4 Å². The van der Waals surface area contributed by atoms with Crippen molar-refractivity contribution in [3.63, 3.8) is 0 Å². The second kappa shape index (κ2) is 9.81. The maximum absolute atomic E-state index is 13.2. The maximum atomic E-state index is 13.2. The molecule has 0 aliphatic carbocycles. The molecule has 10 nitrogen and oxygen atoms in total. The van der Waals surface area contributed by atoms with Gasteiger partial charge in [-0.1, -0.05) is 30.0 Å². The average Bonchev–Trinajstić information content (AvgIpc) is 2.99. The van der Waals surface area contributed by atoms with Crippen molar-refractivity contribution < 1.29 is 32.6 Å². The second-order valence-corrected chi connectivity index (χ2v) is 11.1. The van der Waals surface area contributed by atoms with Crippen LogP contribution in [0.3, 0.4) is 0 Å². The highest BCUT2D eigenvalue weighted by Gasteiger charge is 2.46. The Bertz CT molecular complexity index is 1570. The Labute approximate surface area is 219 Å². The summed E-state index contributed by atoms with van der Waals surface area (Å²) in [6.07, 6.45) is 1.44. The van der Waals surface area contributed by atoms with Crippen LogP contribution < -0.4 is 19.7 Å². The molecule has 0 spiro atoms. The molecule has 2 N–H and O–H groups in total. The Hall–Kier alpha value is -4.40. The number of aromatic nitrogens is 1. The third kappa shape index (κ3) is 5.46. The smallest absolute Gasteiger partial charge is 0.270 e. The van der Waals surface area contributed by atoms with Gasteiger partial charge in [-0.25, -0.2) is 8.42 Å². The molecule has 0 unspecified atom stereocenters. The first kappa shape index (κ1) is 25.3. The average molecular weight is 534 g/mol. The molecule has 3 heterocycles. The van der Waals surface area contributed by atoms with E-state index in [1.807, 2.05) is 18.2 Å². The van der Waals surface area contributed by atoms with E-state index < -0.39 is 44.8 Å². The van der Waals surface area contributed by atoms with Gasteiger partial charge in [0.1, 0.15) is 35.6 Å². The minimum absolute atomic E-state index is 0.0733. The summed E-state index contributed by atoms with van der Waals surface area (Å²) in [7, 11) is -1.71. The third-order valence-corrected chi connectivity index (χ3v) is 7.79. The zero-order valence-electron chi connectivity index (χ0n) is 20.2. The van der Waals surface area contributed by atoms with Gasteiger partial charge < -0.3 is 24.8 Å². The number of rotatable bonds is 4. The molecule has 1 fully saturated rings. The van der Waals surface area contributed by atoms with Crippen LogP contribution >= 0.6 is 0 Å². The van der Waals surface area contributed by atoms with Crippen molar-refractivity contribution in [2.24, 2.45) is 0 Å². The van der Waals surface area contributed by atoms with E-state index >= 15 is 0 Å². The number of nitrogens with zero attached hydrogens (tertiary/aromatic N) is 2. The SMILES string of the molecule is CN1C(=O)[C@@H](NC(=O)c2cc(Oc3ccccc3)ccn2)COc2ccc(C#CC3(O)CS(=O)(=O)C3)cc21. The zero-order valence-corrected chi connectivity index (χ0v) is 21.1. The van der Waals surface area contributed by atoms with Gasteiger partial charge in [-0.3, -0.25) is 14.6 Å². The normalized spacial score (nSPS) is 18.9. The number of hydrogen-bond donors (Lipinski definition) is 2. The lowest BCUT2D eigenvalue weighted by Gasteiger charge is -2.30. The first-order valence-electron chi connectivity index (χ1n) is 11.6. The van der Waals surface area contributed by atoms with Gasteiger partial charge in [0.2, 0.25) is 0 Å². The first-order chi connectivity index (χ1) is 18.1. The van der Waals surface area contributed by atoms with Crippen molar-refractivity contribution in [1.82, 2.24) is 10.3 Å². The Balaban J connectivity index is 1.28. The molecule has 38 heavy (non-hydrogen) atoms. The Kier molecular flexibility index (Phi) is 6.52. The predicted molar refractivity (Wildman–Crippen MR) is 138 cm³/mol. The summed E-state index contributed by atoms with van der Waals surface area (Å²) in [6, 6.07) is 16.1. The number of hydrogen-bond acceptors (Lipinski definition) is 8. The summed E-state index contributed by atoms with van der Waals surface area (Å²) >= 11 is 0. The number of carbonyl (C=O) groups excluding carboxylic acids is 2.